The van der Waals surface area contributed by atoms with Gasteiger partial charge in [-0.2, -0.15) is 0 Å². The molecule has 3 heteroatoms. The molecule has 0 aliphatic heterocycles. The van der Waals surface area contributed by atoms with Crippen LogP contribution in [0.25, 0.3) is 0 Å². The van der Waals surface area contributed by atoms with Gasteiger partial charge in [-0.05, 0) is 105 Å². The molecule has 3 saturated carbocycles. The Morgan fingerprint density at radius 1 is 1.13 bits per heavy atom. The van der Waals surface area contributed by atoms with Crippen molar-refractivity contribution in [1.82, 2.24) is 0 Å². The van der Waals surface area contributed by atoms with Gasteiger partial charge in [-0.3, -0.25) is 4.79 Å². The van der Waals surface area contributed by atoms with Crippen molar-refractivity contribution >= 4 is 5.97 Å². The fraction of sp³-hybridized carbons (Fsp3) is 0.815. The van der Waals surface area contributed by atoms with Crippen LogP contribution in [0, 0.1) is 40.4 Å². The van der Waals surface area contributed by atoms with Crippen LogP contribution in [0.1, 0.15) is 86.0 Å². The molecule has 0 heterocycles. The summed E-state index contributed by atoms with van der Waals surface area (Å²) in [5.41, 5.74) is 9.73. The Morgan fingerprint density at radius 2 is 1.87 bits per heavy atom. The van der Waals surface area contributed by atoms with Gasteiger partial charge in [0.15, 0.2) is 0 Å². The first-order chi connectivity index (χ1) is 14.1. The molecule has 168 valence electrons. The second-order valence-corrected chi connectivity index (χ2v) is 11.8. The highest BCUT2D eigenvalue weighted by molar-refractivity contribution is 5.76. The second kappa shape index (κ2) is 7.80. The van der Waals surface area contributed by atoms with Crippen molar-refractivity contribution in [2.24, 2.45) is 46.2 Å². The molecular formula is C27H43NO2. The molecule has 0 spiro atoms. The van der Waals surface area contributed by atoms with Crippen molar-refractivity contribution in [2.75, 3.05) is 0 Å². The van der Waals surface area contributed by atoms with Gasteiger partial charge in [0.25, 0.3) is 0 Å². The SMILES string of the molecule is C=C(C)C1CCC2C3CCC4=CC(OC(=O)C(N)C(C)C)CCC4(C)C3CCC12C. The molecule has 0 saturated heterocycles. The standard InChI is InChI=1S/C27H43NO2/c1-16(2)21-9-10-22-20-8-7-18-15-19(30-25(29)24(28)17(3)4)11-13-26(18,5)23(20)12-14-27(21,22)6/h15,17,19-24H,1,7-14,28H2,2-6H3. The number of esters is 1. The Kier molecular flexibility index (Phi) is 5.75. The molecule has 2 N–H and O–H groups in total. The Morgan fingerprint density at radius 3 is 2.53 bits per heavy atom. The minimum absolute atomic E-state index is 0.0879. The maximum atomic E-state index is 12.4. The Labute approximate surface area is 183 Å². The van der Waals surface area contributed by atoms with Crippen LogP contribution >= 0.6 is 0 Å². The van der Waals surface area contributed by atoms with Crippen molar-refractivity contribution in [3.8, 4) is 0 Å². The fourth-order valence-electron chi connectivity index (χ4n) is 8.10. The summed E-state index contributed by atoms with van der Waals surface area (Å²) in [6.07, 6.45) is 12.2. The van der Waals surface area contributed by atoms with E-state index in [1.54, 1.807) is 5.57 Å². The smallest absolute Gasteiger partial charge is 0.323 e. The molecule has 0 aromatic carbocycles. The Balaban J connectivity index is 1.51. The van der Waals surface area contributed by atoms with E-state index in [1.165, 1.54) is 44.1 Å². The van der Waals surface area contributed by atoms with Gasteiger partial charge >= 0.3 is 5.97 Å². The summed E-state index contributed by atoms with van der Waals surface area (Å²) in [4.78, 5) is 12.4. The van der Waals surface area contributed by atoms with Crippen LogP contribution in [0.2, 0.25) is 0 Å². The Bertz CT molecular complexity index is 739. The molecule has 3 nitrogen and oxygen atoms in total. The number of carbonyl (C=O) groups is 1. The summed E-state index contributed by atoms with van der Waals surface area (Å²) in [5, 5.41) is 0. The van der Waals surface area contributed by atoms with Crippen molar-refractivity contribution in [3.63, 3.8) is 0 Å². The number of rotatable bonds is 4. The highest BCUT2D eigenvalue weighted by Crippen LogP contribution is 2.67. The predicted octanol–water partition coefficient (Wildman–Crippen LogP) is 6.04. The zero-order valence-electron chi connectivity index (χ0n) is 19.9. The average molecular weight is 414 g/mol. The molecule has 0 bridgehead atoms. The molecule has 4 aliphatic rings. The van der Waals surface area contributed by atoms with E-state index in [2.05, 4.69) is 33.4 Å². The van der Waals surface area contributed by atoms with Crippen LogP contribution in [0.5, 0.6) is 0 Å². The van der Waals surface area contributed by atoms with E-state index in [-0.39, 0.29) is 23.4 Å². The van der Waals surface area contributed by atoms with Crippen LogP contribution in [0.4, 0.5) is 0 Å². The number of fused-ring (bicyclic) bond motifs is 5. The van der Waals surface area contributed by atoms with Crippen molar-refractivity contribution in [1.29, 1.82) is 0 Å². The number of allylic oxidation sites excluding steroid dienone is 2. The third-order valence-electron chi connectivity index (χ3n) is 9.92. The third-order valence-corrected chi connectivity index (χ3v) is 9.92. The largest absolute Gasteiger partial charge is 0.457 e. The summed E-state index contributed by atoms with van der Waals surface area (Å²) in [5.74, 6) is 3.08. The summed E-state index contributed by atoms with van der Waals surface area (Å²) in [6.45, 7) is 15.6. The van der Waals surface area contributed by atoms with Gasteiger partial charge in [0.05, 0.1) is 0 Å². The van der Waals surface area contributed by atoms with E-state index >= 15 is 0 Å². The zero-order chi connectivity index (χ0) is 21.8. The third kappa shape index (κ3) is 3.40. The van der Waals surface area contributed by atoms with E-state index in [0.29, 0.717) is 11.3 Å². The van der Waals surface area contributed by atoms with Gasteiger partial charge in [-0.15, -0.1) is 0 Å². The number of carbonyl (C=O) groups excluding carboxylic acids is 1. The van der Waals surface area contributed by atoms with Crippen LogP contribution in [0.3, 0.4) is 0 Å². The maximum absolute atomic E-state index is 12.4. The minimum atomic E-state index is -0.521. The van der Waals surface area contributed by atoms with Gasteiger partial charge < -0.3 is 10.5 Å². The molecule has 3 fully saturated rings. The van der Waals surface area contributed by atoms with Crippen molar-refractivity contribution in [2.45, 2.75) is 98.1 Å². The highest BCUT2D eigenvalue weighted by atomic mass is 16.5. The lowest BCUT2D eigenvalue weighted by Crippen LogP contribution is -2.51. The average Bonchev–Trinajstić information content (AvgIpc) is 3.05. The van der Waals surface area contributed by atoms with Crippen LogP contribution in [-0.4, -0.2) is 18.1 Å². The van der Waals surface area contributed by atoms with Crippen LogP contribution < -0.4 is 5.73 Å². The number of nitrogens with two attached hydrogens (primary N) is 1. The summed E-state index contributed by atoms with van der Waals surface area (Å²) < 4.78 is 5.82. The van der Waals surface area contributed by atoms with Crippen LogP contribution in [-0.2, 0) is 9.53 Å². The molecule has 0 amide bonds. The van der Waals surface area contributed by atoms with Gasteiger partial charge in [-0.1, -0.05) is 45.4 Å². The van der Waals surface area contributed by atoms with E-state index in [4.69, 9.17) is 10.5 Å². The maximum Gasteiger partial charge on any atom is 0.323 e. The van der Waals surface area contributed by atoms with E-state index in [0.717, 1.165) is 30.6 Å². The highest BCUT2D eigenvalue weighted by Gasteiger charge is 2.59. The first-order valence-electron chi connectivity index (χ1n) is 12.4. The van der Waals surface area contributed by atoms with Gasteiger partial charge in [0.2, 0.25) is 0 Å². The number of hydrogen-bond acceptors (Lipinski definition) is 3. The second-order valence-electron chi connectivity index (χ2n) is 11.8. The molecule has 0 radical (unpaired) electrons. The van der Waals surface area contributed by atoms with E-state index < -0.39 is 6.04 Å². The molecule has 0 aromatic heterocycles. The van der Waals surface area contributed by atoms with Crippen molar-refractivity contribution < 1.29 is 9.53 Å². The fourth-order valence-corrected chi connectivity index (χ4v) is 8.10. The lowest BCUT2D eigenvalue weighted by molar-refractivity contribution is -0.151. The van der Waals surface area contributed by atoms with Crippen molar-refractivity contribution in [3.05, 3.63) is 23.8 Å². The monoisotopic (exact) mass is 413 g/mol. The summed E-state index contributed by atoms with van der Waals surface area (Å²) >= 11 is 0. The zero-order valence-corrected chi connectivity index (χ0v) is 19.9. The van der Waals surface area contributed by atoms with Gasteiger partial charge in [0, 0.05) is 0 Å². The molecule has 0 aromatic rings. The minimum Gasteiger partial charge on any atom is -0.457 e. The molecule has 4 rings (SSSR count). The number of ether oxygens (including phenoxy) is 1. The summed E-state index contributed by atoms with van der Waals surface area (Å²) in [6, 6.07) is -0.521. The summed E-state index contributed by atoms with van der Waals surface area (Å²) in [7, 11) is 0. The topological polar surface area (TPSA) is 52.3 Å². The quantitative estimate of drug-likeness (QED) is 0.452. The number of hydrogen-bond donors (Lipinski definition) is 1. The van der Waals surface area contributed by atoms with Gasteiger partial charge in [-0.25, -0.2) is 0 Å². The lowest BCUT2D eigenvalue weighted by atomic mass is 9.46. The van der Waals surface area contributed by atoms with E-state index in [9.17, 15) is 4.79 Å². The van der Waals surface area contributed by atoms with Crippen LogP contribution in [0.15, 0.2) is 23.8 Å². The lowest BCUT2D eigenvalue weighted by Gasteiger charge is -2.58. The normalized spacial score (nSPS) is 43.8. The predicted molar refractivity (Wildman–Crippen MR) is 123 cm³/mol. The molecule has 8 unspecified atom stereocenters. The molecule has 8 atom stereocenters. The molecular weight excluding hydrogens is 370 g/mol. The van der Waals surface area contributed by atoms with E-state index in [1.807, 2.05) is 13.8 Å². The Hall–Kier alpha value is -1.09. The molecule has 4 aliphatic carbocycles. The first kappa shape index (κ1) is 22.1. The molecule has 30 heavy (non-hydrogen) atoms. The van der Waals surface area contributed by atoms with Gasteiger partial charge in [0.1, 0.15) is 12.1 Å². The first-order valence-corrected chi connectivity index (χ1v) is 12.4.